The van der Waals surface area contributed by atoms with Crippen LogP contribution in [0.4, 0.5) is 10.5 Å². The number of rotatable bonds is 5. The first kappa shape index (κ1) is 14.4. The van der Waals surface area contributed by atoms with Gasteiger partial charge in [0.1, 0.15) is 0 Å². The van der Waals surface area contributed by atoms with E-state index in [4.69, 9.17) is 0 Å². The van der Waals surface area contributed by atoms with Crippen LogP contribution in [-0.2, 0) is 10.2 Å². The molecule has 0 radical (unpaired) electrons. The highest BCUT2D eigenvalue weighted by Gasteiger charge is 2.51. The molecule has 1 aromatic rings. The van der Waals surface area contributed by atoms with E-state index in [2.05, 4.69) is 10.6 Å². The molecule has 1 saturated carbocycles. The second-order valence-electron chi connectivity index (χ2n) is 5.69. The van der Waals surface area contributed by atoms with Gasteiger partial charge in [0.05, 0.1) is 5.41 Å². The van der Waals surface area contributed by atoms with Crippen molar-refractivity contribution in [3.05, 3.63) is 29.8 Å². The zero-order valence-corrected chi connectivity index (χ0v) is 11.8. The number of anilines is 1. The molecule has 0 aliphatic heterocycles. The van der Waals surface area contributed by atoms with Crippen molar-refractivity contribution in [1.29, 1.82) is 0 Å². The Hall–Kier alpha value is -2.04. The van der Waals surface area contributed by atoms with Gasteiger partial charge < -0.3 is 15.7 Å². The Morgan fingerprint density at radius 1 is 1.25 bits per heavy atom. The normalized spacial score (nSPS) is 15.8. The van der Waals surface area contributed by atoms with Crippen molar-refractivity contribution in [3.63, 3.8) is 0 Å². The number of hydrogen-bond donors (Lipinski definition) is 3. The average Bonchev–Trinajstić information content (AvgIpc) is 3.19. The summed E-state index contributed by atoms with van der Waals surface area (Å²) in [5, 5.41) is 14.7. The molecule has 20 heavy (non-hydrogen) atoms. The van der Waals surface area contributed by atoms with Gasteiger partial charge in [0, 0.05) is 12.2 Å². The molecule has 108 valence electrons. The summed E-state index contributed by atoms with van der Waals surface area (Å²) in [7, 11) is 0. The first-order valence-electron chi connectivity index (χ1n) is 6.83. The van der Waals surface area contributed by atoms with Gasteiger partial charge in [0.15, 0.2) is 0 Å². The van der Waals surface area contributed by atoms with Crippen molar-refractivity contribution in [2.24, 2.45) is 5.92 Å². The van der Waals surface area contributed by atoms with E-state index in [-0.39, 0.29) is 6.03 Å². The Morgan fingerprint density at radius 3 is 2.30 bits per heavy atom. The summed E-state index contributed by atoms with van der Waals surface area (Å²) in [6, 6.07) is 6.80. The van der Waals surface area contributed by atoms with Crippen LogP contribution in [0.2, 0.25) is 0 Å². The van der Waals surface area contributed by atoms with Crippen LogP contribution in [0.5, 0.6) is 0 Å². The van der Waals surface area contributed by atoms with Crippen LogP contribution in [0.1, 0.15) is 32.3 Å². The molecule has 0 unspecified atom stereocenters. The number of carboxylic acids is 1. The molecule has 0 spiro atoms. The third-order valence-corrected chi connectivity index (χ3v) is 3.53. The Bertz CT molecular complexity index is 504. The monoisotopic (exact) mass is 276 g/mol. The molecule has 0 heterocycles. The molecule has 0 atom stereocenters. The van der Waals surface area contributed by atoms with Crippen molar-refractivity contribution >= 4 is 17.7 Å². The Balaban J connectivity index is 1.95. The quantitative estimate of drug-likeness (QED) is 0.773. The lowest BCUT2D eigenvalue weighted by Gasteiger charge is -2.12. The number of carboxylic acid groups (broad SMARTS) is 1. The van der Waals surface area contributed by atoms with Gasteiger partial charge in [-0.15, -0.1) is 0 Å². The summed E-state index contributed by atoms with van der Waals surface area (Å²) < 4.78 is 0. The number of amides is 2. The van der Waals surface area contributed by atoms with Crippen molar-refractivity contribution in [1.82, 2.24) is 5.32 Å². The van der Waals surface area contributed by atoms with E-state index in [1.807, 2.05) is 13.8 Å². The smallest absolute Gasteiger partial charge is 0.319 e. The lowest BCUT2D eigenvalue weighted by Crippen LogP contribution is -2.31. The molecule has 0 bridgehead atoms. The SMILES string of the molecule is CC(C)CNC(=O)Nc1ccc(C2(C(=O)O)CC2)cc1. The van der Waals surface area contributed by atoms with E-state index >= 15 is 0 Å². The Kier molecular flexibility index (Phi) is 3.97. The predicted octanol–water partition coefficient (Wildman–Crippen LogP) is 2.58. The molecule has 1 fully saturated rings. The summed E-state index contributed by atoms with van der Waals surface area (Å²) in [6.45, 7) is 4.66. The van der Waals surface area contributed by atoms with Crippen LogP contribution >= 0.6 is 0 Å². The molecule has 1 aliphatic carbocycles. The summed E-state index contributed by atoms with van der Waals surface area (Å²) in [4.78, 5) is 22.8. The molecule has 2 rings (SSSR count). The molecule has 1 aliphatic rings. The summed E-state index contributed by atoms with van der Waals surface area (Å²) in [5.41, 5.74) is 0.771. The van der Waals surface area contributed by atoms with E-state index in [9.17, 15) is 14.7 Å². The molecular formula is C15H20N2O3. The fourth-order valence-electron chi connectivity index (χ4n) is 2.10. The molecule has 3 N–H and O–H groups in total. The Morgan fingerprint density at radius 2 is 1.85 bits per heavy atom. The number of nitrogens with one attached hydrogen (secondary N) is 2. The number of hydrogen-bond acceptors (Lipinski definition) is 2. The highest BCUT2D eigenvalue weighted by Crippen LogP contribution is 2.48. The molecule has 0 saturated heterocycles. The first-order valence-corrected chi connectivity index (χ1v) is 6.83. The zero-order chi connectivity index (χ0) is 14.8. The van der Waals surface area contributed by atoms with Gasteiger partial charge in [-0.2, -0.15) is 0 Å². The second-order valence-corrected chi connectivity index (χ2v) is 5.69. The van der Waals surface area contributed by atoms with Gasteiger partial charge in [-0.3, -0.25) is 4.79 Å². The molecule has 0 aromatic heterocycles. The van der Waals surface area contributed by atoms with E-state index in [0.29, 0.717) is 31.0 Å². The highest BCUT2D eigenvalue weighted by molar-refractivity contribution is 5.89. The van der Waals surface area contributed by atoms with Crippen molar-refractivity contribution in [2.45, 2.75) is 32.1 Å². The van der Waals surface area contributed by atoms with Gasteiger partial charge >= 0.3 is 12.0 Å². The molecular weight excluding hydrogens is 256 g/mol. The largest absolute Gasteiger partial charge is 0.481 e. The third-order valence-electron chi connectivity index (χ3n) is 3.53. The fourth-order valence-corrected chi connectivity index (χ4v) is 2.10. The lowest BCUT2D eigenvalue weighted by molar-refractivity contribution is -0.140. The van der Waals surface area contributed by atoms with E-state index in [1.54, 1.807) is 24.3 Å². The Labute approximate surface area is 118 Å². The molecule has 2 amide bonds. The third kappa shape index (κ3) is 3.10. The van der Waals surface area contributed by atoms with Gasteiger partial charge in [0.2, 0.25) is 0 Å². The molecule has 5 nitrogen and oxygen atoms in total. The maximum atomic E-state index is 11.6. The maximum Gasteiger partial charge on any atom is 0.319 e. The summed E-state index contributed by atoms with van der Waals surface area (Å²) in [5.74, 6) is -0.374. The van der Waals surface area contributed by atoms with Gasteiger partial charge in [0.25, 0.3) is 0 Å². The zero-order valence-electron chi connectivity index (χ0n) is 11.8. The maximum absolute atomic E-state index is 11.6. The van der Waals surface area contributed by atoms with E-state index < -0.39 is 11.4 Å². The summed E-state index contributed by atoms with van der Waals surface area (Å²) >= 11 is 0. The second kappa shape index (κ2) is 5.53. The number of urea groups is 1. The van der Waals surface area contributed by atoms with Crippen LogP contribution in [0.3, 0.4) is 0 Å². The molecule has 1 aromatic carbocycles. The fraction of sp³-hybridized carbons (Fsp3) is 0.467. The average molecular weight is 276 g/mol. The van der Waals surface area contributed by atoms with Gasteiger partial charge in [-0.1, -0.05) is 26.0 Å². The van der Waals surface area contributed by atoms with Gasteiger partial charge in [-0.05, 0) is 36.5 Å². The number of aliphatic carboxylic acids is 1. The van der Waals surface area contributed by atoms with Crippen LogP contribution in [-0.4, -0.2) is 23.7 Å². The minimum absolute atomic E-state index is 0.245. The van der Waals surface area contributed by atoms with Crippen LogP contribution in [0, 0.1) is 5.92 Å². The van der Waals surface area contributed by atoms with Crippen molar-refractivity contribution in [2.75, 3.05) is 11.9 Å². The van der Waals surface area contributed by atoms with Crippen LogP contribution < -0.4 is 10.6 Å². The van der Waals surface area contributed by atoms with Crippen molar-refractivity contribution in [3.8, 4) is 0 Å². The summed E-state index contributed by atoms with van der Waals surface area (Å²) in [6.07, 6.45) is 1.37. The van der Waals surface area contributed by atoms with E-state index in [1.165, 1.54) is 0 Å². The highest BCUT2D eigenvalue weighted by atomic mass is 16.4. The number of benzene rings is 1. The lowest BCUT2D eigenvalue weighted by atomic mass is 9.96. The molecule has 5 heteroatoms. The van der Waals surface area contributed by atoms with Crippen LogP contribution in [0.25, 0.3) is 0 Å². The number of carbonyl (C=O) groups excluding carboxylic acids is 1. The predicted molar refractivity (Wildman–Crippen MR) is 76.8 cm³/mol. The van der Waals surface area contributed by atoms with E-state index in [0.717, 1.165) is 5.56 Å². The van der Waals surface area contributed by atoms with Gasteiger partial charge in [-0.25, -0.2) is 4.79 Å². The first-order chi connectivity index (χ1) is 9.44. The standard InChI is InChI=1S/C15H20N2O3/c1-10(2)9-16-14(20)17-12-5-3-11(4-6-12)15(7-8-15)13(18)19/h3-6,10H,7-9H2,1-2H3,(H,18,19)(H2,16,17,20). The van der Waals surface area contributed by atoms with Crippen LogP contribution in [0.15, 0.2) is 24.3 Å². The minimum atomic E-state index is -0.770. The van der Waals surface area contributed by atoms with Crippen molar-refractivity contribution < 1.29 is 14.7 Å². The number of carbonyl (C=O) groups is 2. The topological polar surface area (TPSA) is 78.4 Å². The minimum Gasteiger partial charge on any atom is -0.481 e.